The zero-order valence-electron chi connectivity index (χ0n) is 13.5. The summed E-state index contributed by atoms with van der Waals surface area (Å²) in [7, 11) is 1.63. The van der Waals surface area contributed by atoms with Crippen molar-refractivity contribution < 1.29 is 18.3 Å². The molecule has 0 aliphatic rings. The summed E-state index contributed by atoms with van der Waals surface area (Å²) in [4.78, 5) is 19.5. The van der Waals surface area contributed by atoms with Gasteiger partial charge in [0.25, 0.3) is 0 Å². The maximum atomic E-state index is 12.5. The highest BCUT2D eigenvalue weighted by Gasteiger charge is 2.17. The number of nitrogens with one attached hydrogen (secondary N) is 2. The number of fused-ring (bicyclic) bond motifs is 1. The van der Waals surface area contributed by atoms with E-state index in [9.17, 15) is 13.6 Å². The topological polar surface area (TPSA) is 119 Å². The summed E-state index contributed by atoms with van der Waals surface area (Å²) >= 11 is 0. The van der Waals surface area contributed by atoms with Crippen LogP contribution in [0, 0.1) is 5.41 Å². The van der Waals surface area contributed by atoms with Crippen LogP contribution in [0.1, 0.15) is 21.6 Å². The van der Waals surface area contributed by atoms with Crippen LogP contribution in [-0.2, 0) is 0 Å². The molecule has 3 rings (SSSR count). The molecule has 0 unspecified atom stereocenters. The Hall–Kier alpha value is -3.56. The minimum Gasteiger partial charge on any atom is -0.435 e. The van der Waals surface area contributed by atoms with Gasteiger partial charge in [-0.15, -0.1) is 0 Å². The minimum absolute atomic E-state index is 0.0786. The summed E-state index contributed by atoms with van der Waals surface area (Å²) in [6.07, 6.45) is 3.29. The van der Waals surface area contributed by atoms with E-state index in [2.05, 4.69) is 20.0 Å². The van der Waals surface area contributed by atoms with E-state index in [0.29, 0.717) is 17.5 Å². The maximum absolute atomic E-state index is 12.5. The van der Waals surface area contributed by atoms with Gasteiger partial charge < -0.3 is 15.9 Å². The van der Waals surface area contributed by atoms with Crippen LogP contribution in [0.2, 0.25) is 0 Å². The van der Waals surface area contributed by atoms with E-state index in [0.717, 1.165) is 4.68 Å². The number of hydrogen-bond acceptors (Lipinski definition) is 7. The Labute approximate surface area is 146 Å². The zero-order chi connectivity index (χ0) is 18.8. The lowest BCUT2D eigenvalue weighted by molar-refractivity contribution is -0.0498. The number of alkyl halides is 2. The van der Waals surface area contributed by atoms with Gasteiger partial charge in [0.2, 0.25) is 0 Å². The molecule has 2 heterocycles. The van der Waals surface area contributed by atoms with Crippen LogP contribution >= 0.6 is 0 Å². The van der Waals surface area contributed by atoms with Crippen LogP contribution < -0.4 is 15.9 Å². The van der Waals surface area contributed by atoms with Gasteiger partial charge in [0, 0.05) is 24.5 Å². The molecule has 2 aromatic heterocycles. The van der Waals surface area contributed by atoms with Crippen molar-refractivity contribution in [3.8, 4) is 5.75 Å². The predicted octanol–water partition coefficient (Wildman–Crippen LogP) is 2.02. The predicted molar refractivity (Wildman–Crippen MR) is 91.6 cm³/mol. The Morgan fingerprint density at radius 2 is 2.23 bits per heavy atom. The highest BCUT2D eigenvalue weighted by molar-refractivity contribution is 6.13. The molecule has 0 aliphatic heterocycles. The van der Waals surface area contributed by atoms with E-state index in [4.69, 9.17) is 11.3 Å². The first-order valence-corrected chi connectivity index (χ1v) is 7.39. The fourth-order valence-electron chi connectivity index (χ4n) is 2.51. The van der Waals surface area contributed by atoms with Crippen molar-refractivity contribution in [2.45, 2.75) is 6.61 Å². The number of anilines is 1. The summed E-state index contributed by atoms with van der Waals surface area (Å²) < 4.78 is 30.5. The molecular weight excluding hydrogens is 346 g/mol. The lowest BCUT2D eigenvalue weighted by Gasteiger charge is -2.13. The van der Waals surface area contributed by atoms with Crippen LogP contribution in [0.25, 0.3) is 11.2 Å². The van der Waals surface area contributed by atoms with Crippen LogP contribution in [0.5, 0.6) is 5.75 Å². The molecule has 0 amide bonds. The third kappa shape index (κ3) is 3.04. The smallest absolute Gasteiger partial charge is 0.387 e. The summed E-state index contributed by atoms with van der Waals surface area (Å²) in [6.45, 7) is -2.98. The first kappa shape index (κ1) is 17.3. The van der Waals surface area contributed by atoms with Crippen molar-refractivity contribution in [1.82, 2.24) is 14.6 Å². The molecule has 0 saturated carbocycles. The average Bonchev–Trinajstić information content (AvgIpc) is 2.96. The van der Waals surface area contributed by atoms with Gasteiger partial charge in [0.1, 0.15) is 17.0 Å². The molecule has 0 saturated heterocycles. The molecule has 0 aliphatic carbocycles. The number of benzene rings is 1. The highest BCUT2D eigenvalue weighted by atomic mass is 19.3. The number of aromatic nitrogens is 3. The number of nitrogens with zero attached hydrogens (tertiary/aromatic N) is 3. The summed E-state index contributed by atoms with van der Waals surface area (Å²) in [5.74, 6) is 5.62. The quantitative estimate of drug-likeness (QED) is 0.351. The third-order valence-electron chi connectivity index (χ3n) is 3.69. The molecular formula is C16H14F2N6O2. The molecule has 0 atom stereocenters. The molecule has 10 heteroatoms. The fraction of sp³-hybridized carbons (Fsp3) is 0.125. The van der Waals surface area contributed by atoms with E-state index >= 15 is 0 Å². The Morgan fingerprint density at radius 1 is 1.46 bits per heavy atom. The van der Waals surface area contributed by atoms with Gasteiger partial charge in [-0.05, 0) is 18.2 Å². The van der Waals surface area contributed by atoms with Crippen molar-refractivity contribution in [1.29, 1.82) is 5.41 Å². The van der Waals surface area contributed by atoms with E-state index in [1.807, 2.05) is 0 Å². The molecule has 26 heavy (non-hydrogen) atoms. The number of ether oxygens (including phenoxy) is 1. The van der Waals surface area contributed by atoms with E-state index < -0.39 is 6.61 Å². The normalized spacial score (nSPS) is 10.9. The number of nitrogen functional groups attached to an aromatic ring is 1. The van der Waals surface area contributed by atoms with Crippen LogP contribution in [0.15, 0.2) is 30.6 Å². The van der Waals surface area contributed by atoms with E-state index in [-0.39, 0.29) is 33.9 Å². The van der Waals surface area contributed by atoms with Crippen LogP contribution in [0.3, 0.4) is 0 Å². The van der Waals surface area contributed by atoms with Crippen molar-refractivity contribution in [3.63, 3.8) is 0 Å². The molecule has 0 radical (unpaired) electrons. The molecule has 1 aromatic carbocycles. The van der Waals surface area contributed by atoms with E-state index in [1.165, 1.54) is 30.6 Å². The maximum Gasteiger partial charge on any atom is 0.387 e. The largest absolute Gasteiger partial charge is 0.435 e. The number of halogens is 2. The molecule has 4 N–H and O–H groups in total. The minimum atomic E-state index is -2.98. The number of nitrogens with two attached hydrogens (primary N) is 1. The molecule has 0 spiro atoms. The molecule has 134 valence electrons. The van der Waals surface area contributed by atoms with Gasteiger partial charge in [0.15, 0.2) is 11.9 Å². The van der Waals surface area contributed by atoms with Crippen LogP contribution in [0.4, 0.5) is 14.5 Å². The number of carbonyl (C=O) groups excluding carboxylic acids is 1. The second kappa shape index (κ2) is 6.75. The second-order valence-corrected chi connectivity index (χ2v) is 5.25. The van der Waals surface area contributed by atoms with Gasteiger partial charge in [-0.3, -0.25) is 10.2 Å². The van der Waals surface area contributed by atoms with Crippen molar-refractivity contribution in [2.75, 3.05) is 18.2 Å². The van der Waals surface area contributed by atoms with Crippen molar-refractivity contribution >= 4 is 28.8 Å². The van der Waals surface area contributed by atoms with Crippen LogP contribution in [-0.4, -0.2) is 40.3 Å². The first-order valence-electron chi connectivity index (χ1n) is 7.39. The van der Waals surface area contributed by atoms with Gasteiger partial charge in [-0.25, -0.2) is 14.6 Å². The average molecular weight is 360 g/mol. The third-order valence-corrected chi connectivity index (χ3v) is 3.69. The zero-order valence-corrected chi connectivity index (χ0v) is 13.5. The Balaban J connectivity index is 2.08. The van der Waals surface area contributed by atoms with E-state index in [1.54, 1.807) is 7.05 Å². The first-order chi connectivity index (χ1) is 12.4. The molecule has 8 nitrogen and oxygen atoms in total. The van der Waals surface area contributed by atoms with Crippen molar-refractivity contribution in [2.24, 2.45) is 0 Å². The lowest BCUT2D eigenvalue weighted by atomic mass is 10.0. The van der Waals surface area contributed by atoms with Gasteiger partial charge in [-0.2, -0.15) is 8.78 Å². The summed E-state index contributed by atoms with van der Waals surface area (Å²) in [6, 6.07) is 4.18. The van der Waals surface area contributed by atoms with Gasteiger partial charge in [0.05, 0.1) is 17.5 Å². The van der Waals surface area contributed by atoms with Gasteiger partial charge >= 0.3 is 6.61 Å². The Kier molecular flexibility index (Phi) is 4.48. The molecule has 0 bridgehead atoms. The monoisotopic (exact) mass is 360 g/mol. The molecule has 3 aromatic rings. The standard InChI is InChI=1S/C16H14F2N6O2/c1-21-11-3-2-9(26-16(17)18)4-10(11)13(19)12-5-22-15-14(23-12)8(7-25)6-24(15)20/h2-7,16,19,21H,20H2,1H3. The second-order valence-electron chi connectivity index (χ2n) is 5.25. The summed E-state index contributed by atoms with van der Waals surface area (Å²) in [5, 5.41) is 11.3. The number of hydrogen-bond donors (Lipinski definition) is 3. The summed E-state index contributed by atoms with van der Waals surface area (Å²) in [5.41, 5.74) is 1.64. The van der Waals surface area contributed by atoms with Gasteiger partial charge in [-0.1, -0.05) is 0 Å². The Morgan fingerprint density at radius 3 is 2.88 bits per heavy atom. The fourth-order valence-corrected chi connectivity index (χ4v) is 2.51. The lowest BCUT2D eigenvalue weighted by Crippen LogP contribution is -2.11. The van der Waals surface area contributed by atoms with Crippen molar-refractivity contribution in [3.05, 3.63) is 47.4 Å². The number of rotatable bonds is 6. The number of carbonyl (C=O) groups is 1. The SMILES string of the molecule is CNc1ccc(OC(F)F)cc1C(=N)c1cnc2c(n1)c(C=O)cn2N. The Bertz CT molecular complexity index is 1000. The number of aldehydes is 1. The molecule has 0 fully saturated rings. The highest BCUT2D eigenvalue weighted by Crippen LogP contribution is 2.26.